The fourth-order valence-electron chi connectivity index (χ4n) is 4.23. The molecular weight excluding hydrogens is 370 g/mol. The van der Waals surface area contributed by atoms with Crippen LogP contribution >= 0.6 is 0 Å². The number of nitrogens with one attached hydrogen (secondary N) is 1. The summed E-state index contributed by atoms with van der Waals surface area (Å²) in [7, 11) is 0. The number of amides is 2. The lowest BCUT2D eigenvalue weighted by Gasteiger charge is -2.31. The number of benzene rings is 3. The third kappa shape index (κ3) is 3.16. The number of aromatic nitrogens is 1. The summed E-state index contributed by atoms with van der Waals surface area (Å²) in [5.41, 5.74) is 6.28. The van der Waals surface area contributed by atoms with Crippen molar-refractivity contribution in [2.75, 3.05) is 5.32 Å². The van der Waals surface area contributed by atoms with E-state index in [1.807, 2.05) is 72.5 Å². The standard InChI is InChI=1S/C26H23N3O/c1-19-10-5-7-14-22(19)27-26(30)29-18-21-13-6-8-15-23(21)28-17-9-16-24(28)25(29)20-11-3-2-4-12-20/h2-17,25H,18H2,1H3,(H,27,30). The van der Waals surface area contributed by atoms with E-state index in [1.54, 1.807) is 0 Å². The summed E-state index contributed by atoms with van der Waals surface area (Å²) in [4.78, 5) is 15.5. The van der Waals surface area contributed by atoms with E-state index in [-0.39, 0.29) is 12.1 Å². The minimum absolute atomic E-state index is 0.109. The van der Waals surface area contributed by atoms with Crippen LogP contribution in [0, 0.1) is 6.92 Å². The average Bonchev–Trinajstić information content (AvgIpc) is 3.20. The molecule has 30 heavy (non-hydrogen) atoms. The van der Waals surface area contributed by atoms with E-state index < -0.39 is 0 Å². The van der Waals surface area contributed by atoms with E-state index in [4.69, 9.17) is 0 Å². The van der Waals surface area contributed by atoms with Gasteiger partial charge in [-0.25, -0.2) is 4.79 Å². The molecule has 1 aliphatic rings. The summed E-state index contributed by atoms with van der Waals surface area (Å²) in [6.07, 6.45) is 2.08. The first-order chi connectivity index (χ1) is 14.7. The van der Waals surface area contributed by atoms with E-state index in [9.17, 15) is 4.79 Å². The van der Waals surface area contributed by atoms with Crippen LogP contribution in [0.15, 0.2) is 97.2 Å². The quantitative estimate of drug-likeness (QED) is 0.451. The minimum atomic E-state index is -0.197. The third-order valence-corrected chi connectivity index (χ3v) is 5.73. The molecule has 1 unspecified atom stereocenters. The second kappa shape index (κ2) is 7.56. The number of anilines is 1. The van der Waals surface area contributed by atoms with Crippen molar-refractivity contribution in [1.29, 1.82) is 0 Å². The van der Waals surface area contributed by atoms with E-state index in [1.165, 1.54) is 0 Å². The molecule has 1 atom stereocenters. The zero-order valence-electron chi connectivity index (χ0n) is 16.8. The van der Waals surface area contributed by atoms with Crippen LogP contribution in [0.2, 0.25) is 0 Å². The molecule has 0 saturated carbocycles. The predicted molar refractivity (Wildman–Crippen MR) is 120 cm³/mol. The van der Waals surface area contributed by atoms with Crippen molar-refractivity contribution in [3.05, 3.63) is 120 Å². The SMILES string of the molecule is Cc1ccccc1NC(=O)N1Cc2ccccc2-n2cccc2C1c1ccccc1. The molecule has 2 heterocycles. The van der Waals surface area contributed by atoms with Gasteiger partial charge < -0.3 is 14.8 Å². The van der Waals surface area contributed by atoms with Gasteiger partial charge in [-0.3, -0.25) is 0 Å². The Morgan fingerprint density at radius 3 is 2.43 bits per heavy atom. The van der Waals surface area contributed by atoms with Crippen LogP contribution in [0.25, 0.3) is 5.69 Å². The number of aryl methyl sites for hydroxylation is 1. The van der Waals surface area contributed by atoms with Crippen molar-refractivity contribution in [2.45, 2.75) is 19.5 Å². The molecule has 2 amide bonds. The smallest absolute Gasteiger partial charge is 0.318 e. The lowest BCUT2D eigenvalue weighted by atomic mass is 10.0. The van der Waals surface area contributed by atoms with Gasteiger partial charge in [-0.1, -0.05) is 66.7 Å². The summed E-state index contributed by atoms with van der Waals surface area (Å²) in [5, 5.41) is 3.14. The average molecular weight is 393 g/mol. The molecule has 0 spiro atoms. The summed E-state index contributed by atoms with van der Waals surface area (Å²) in [5.74, 6) is 0. The largest absolute Gasteiger partial charge is 0.322 e. The Hall–Kier alpha value is -3.79. The molecular formula is C26H23N3O. The fourth-order valence-corrected chi connectivity index (χ4v) is 4.23. The zero-order valence-corrected chi connectivity index (χ0v) is 16.8. The fraction of sp³-hybridized carbons (Fsp3) is 0.115. The molecule has 0 radical (unpaired) electrons. The van der Waals surface area contributed by atoms with Crippen molar-refractivity contribution in [2.24, 2.45) is 0 Å². The molecule has 0 fully saturated rings. The number of rotatable bonds is 2. The number of carbonyl (C=O) groups excluding carboxylic acids is 1. The van der Waals surface area contributed by atoms with Crippen molar-refractivity contribution in [3.8, 4) is 5.69 Å². The normalized spacial score (nSPS) is 15.1. The van der Waals surface area contributed by atoms with Crippen LogP contribution in [-0.2, 0) is 6.54 Å². The van der Waals surface area contributed by atoms with Gasteiger partial charge in [0.25, 0.3) is 0 Å². The number of nitrogens with zero attached hydrogens (tertiary/aromatic N) is 2. The van der Waals surface area contributed by atoms with Crippen LogP contribution in [0.4, 0.5) is 10.5 Å². The van der Waals surface area contributed by atoms with Crippen molar-refractivity contribution < 1.29 is 4.79 Å². The van der Waals surface area contributed by atoms with Gasteiger partial charge in [0.15, 0.2) is 0 Å². The highest BCUT2D eigenvalue weighted by Crippen LogP contribution is 2.36. The second-order valence-electron chi connectivity index (χ2n) is 7.62. The molecule has 0 bridgehead atoms. The maximum atomic E-state index is 13.6. The van der Waals surface area contributed by atoms with E-state index in [2.05, 4.69) is 46.4 Å². The highest BCUT2D eigenvalue weighted by molar-refractivity contribution is 5.91. The molecule has 3 aromatic carbocycles. The van der Waals surface area contributed by atoms with Gasteiger partial charge in [0, 0.05) is 17.6 Å². The van der Waals surface area contributed by atoms with Crippen LogP contribution in [0.1, 0.15) is 28.4 Å². The van der Waals surface area contributed by atoms with Crippen molar-refractivity contribution >= 4 is 11.7 Å². The number of hydrogen-bond acceptors (Lipinski definition) is 1. The van der Waals surface area contributed by atoms with Gasteiger partial charge >= 0.3 is 6.03 Å². The number of fused-ring (bicyclic) bond motifs is 3. The van der Waals surface area contributed by atoms with Gasteiger partial charge in [-0.2, -0.15) is 0 Å². The molecule has 4 heteroatoms. The predicted octanol–water partition coefficient (Wildman–Crippen LogP) is 5.92. The van der Waals surface area contributed by atoms with Gasteiger partial charge in [-0.15, -0.1) is 0 Å². The van der Waals surface area contributed by atoms with E-state index in [0.717, 1.165) is 33.8 Å². The maximum Gasteiger partial charge on any atom is 0.322 e. The Morgan fingerprint density at radius 1 is 0.867 bits per heavy atom. The van der Waals surface area contributed by atoms with E-state index in [0.29, 0.717) is 6.54 Å². The van der Waals surface area contributed by atoms with Crippen molar-refractivity contribution in [3.63, 3.8) is 0 Å². The zero-order chi connectivity index (χ0) is 20.5. The summed E-state index contributed by atoms with van der Waals surface area (Å²) >= 11 is 0. The summed E-state index contributed by atoms with van der Waals surface area (Å²) in [6.45, 7) is 2.53. The molecule has 0 aliphatic carbocycles. The number of hydrogen-bond donors (Lipinski definition) is 1. The third-order valence-electron chi connectivity index (χ3n) is 5.73. The van der Waals surface area contributed by atoms with Gasteiger partial charge in [0.05, 0.1) is 18.3 Å². The van der Waals surface area contributed by atoms with Crippen LogP contribution in [0.3, 0.4) is 0 Å². The topological polar surface area (TPSA) is 37.3 Å². The van der Waals surface area contributed by atoms with Gasteiger partial charge in [0.2, 0.25) is 0 Å². The Morgan fingerprint density at radius 2 is 1.60 bits per heavy atom. The molecule has 148 valence electrons. The summed E-state index contributed by atoms with van der Waals surface area (Å²) in [6, 6.07) is 30.2. The molecule has 1 aromatic heterocycles. The Bertz CT molecular complexity index is 1200. The van der Waals surface area contributed by atoms with Crippen LogP contribution in [0.5, 0.6) is 0 Å². The van der Waals surface area contributed by atoms with E-state index >= 15 is 0 Å². The van der Waals surface area contributed by atoms with Crippen LogP contribution < -0.4 is 5.32 Å². The molecule has 1 aliphatic heterocycles. The monoisotopic (exact) mass is 393 g/mol. The Labute approximate surface area is 176 Å². The molecule has 1 N–H and O–H groups in total. The Balaban J connectivity index is 1.64. The highest BCUT2D eigenvalue weighted by atomic mass is 16.2. The first kappa shape index (κ1) is 18.3. The number of urea groups is 1. The van der Waals surface area contributed by atoms with Gasteiger partial charge in [-0.05, 0) is 47.9 Å². The van der Waals surface area contributed by atoms with Crippen molar-refractivity contribution in [1.82, 2.24) is 9.47 Å². The maximum absolute atomic E-state index is 13.6. The molecule has 0 saturated heterocycles. The highest BCUT2D eigenvalue weighted by Gasteiger charge is 2.32. The summed E-state index contributed by atoms with van der Waals surface area (Å²) < 4.78 is 2.20. The first-order valence-electron chi connectivity index (χ1n) is 10.2. The number of carbonyl (C=O) groups is 1. The minimum Gasteiger partial charge on any atom is -0.318 e. The second-order valence-corrected chi connectivity index (χ2v) is 7.62. The molecule has 5 rings (SSSR count). The first-order valence-corrected chi connectivity index (χ1v) is 10.2. The molecule has 4 aromatic rings. The van der Waals surface area contributed by atoms with Gasteiger partial charge in [0.1, 0.15) is 0 Å². The lowest BCUT2D eigenvalue weighted by Crippen LogP contribution is -2.38. The number of para-hydroxylation sites is 2. The Kier molecular flexibility index (Phi) is 4.60. The lowest BCUT2D eigenvalue weighted by molar-refractivity contribution is 0.194. The molecule has 4 nitrogen and oxygen atoms in total. The van der Waals surface area contributed by atoms with Crippen LogP contribution in [-0.4, -0.2) is 15.5 Å².